The van der Waals surface area contributed by atoms with Crippen LogP contribution in [0.2, 0.25) is 0 Å². The number of amides is 1. The van der Waals surface area contributed by atoms with Crippen molar-refractivity contribution in [3.8, 4) is 17.0 Å². The first kappa shape index (κ1) is 24.9. The van der Waals surface area contributed by atoms with Gasteiger partial charge in [-0.25, -0.2) is 13.8 Å². The quantitative estimate of drug-likeness (QED) is 0.285. The van der Waals surface area contributed by atoms with Gasteiger partial charge in [0.2, 0.25) is 0 Å². The molecule has 1 amide bonds. The molecule has 1 aromatic heterocycles. The van der Waals surface area contributed by atoms with E-state index in [9.17, 15) is 13.6 Å². The van der Waals surface area contributed by atoms with Crippen molar-refractivity contribution in [2.75, 3.05) is 0 Å². The standard InChI is InChI=1S/C31H30F2N2O2/c1-19(2)28-29(31(36)34-18-20-12-15-25(32)26(33)16-20)24-14-13-23(37-22-10-6-7-11-22)17-27(24)35-30(28)21-8-4-3-5-9-21/h3-5,8-9,12-17,19,22H,6-7,10-11,18H2,1-2H3,(H,34,36). The van der Waals surface area contributed by atoms with Crippen molar-refractivity contribution < 1.29 is 18.3 Å². The molecule has 3 aromatic carbocycles. The number of hydrogen-bond acceptors (Lipinski definition) is 3. The summed E-state index contributed by atoms with van der Waals surface area (Å²) in [5, 5.41) is 3.64. The molecule has 1 heterocycles. The van der Waals surface area contributed by atoms with E-state index in [2.05, 4.69) is 5.32 Å². The Morgan fingerprint density at radius 3 is 2.46 bits per heavy atom. The summed E-state index contributed by atoms with van der Waals surface area (Å²) in [6, 6.07) is 19.2. The average molecular weight is 501 g/mol. The second kappa shape index (κ2) is 10.7. The van der Waals surface area contributed by atoms with Gasteiger partial charge in [0, 0.05) is 23.6 Å². The molecule has 4 aromatic rings. The van der Waals surface area contributed by atoms with Crippen LogP contribution in [0, 0.1) is 11.6 Å². The van der Waals surface area contributed by atoms with E-state index in [1.165, 1.54) is 18.9 Å². The molecule has 190 valence electrons. The van der Waals surface area contributed by atoms with Crippen LogP contribution >= 0.6 is 0 Å². The molecule has 0 aliphatic heterocycles. The van der Waals surface area contributed by atoms with Crippen LogP contribution in [0.3, 0.4) is 0 Å². The van der Waals surface area contributed by atoms with Gasteiger partial charge >= 0.3 is 0 Å². The lowest BCUT2D eigenvalue weighted by Gasteiger charge is -2.21. The number of rotatable bonds is 7. The summed E-state index contributed by atoms with van der Waals surface area (Å²) in [5.41, 5.74) is 4.20. The van der Waals surface area contributed by atoms with E-state index < -0.39 is 11.6 Å². The Balaban J connectivity index is 1.60. The minimum absolute atomic E-state index is 0.00513. The Kier molecular flexibility index (Phi) is 7.17. The maximum absolute atomic E-state index is 13.7. The molecular formula is C31H30F2N2O2. The zero-order valence-corrected chi connectivity index (χ0v) is 21.1. The van der Waals surface area contributed by atoms with Gasteiger partial charge in [-0.3, -0.25) is 4.79 Å². The van der Waals surface area contributed by atoms with Crippen molar-refractivity contribution in [3.05, 3.63) is 95.1 Å². The van der Waals surface area contributed by atoms with E-state index in [-0.39, 0.29) is 24.5 Å². The van der Waals surface area contributed by atoms with Gasteiger partial charge < -0.3 is 10.1 Å². The topological polar surface area (TPSA) is 51.2 Å². The van der Waals surface area contributed by atoms with E-state index in [4.69, 9.17) is 9.72 Å². The third-order valence-electron chi connectivity index (χ3n) is 6.89. The molecule has 0 saturated heterocycles. The summed E-state index contributed by atoms with van der Waals surface area (Å²) in [6.45, 7) is 4.15. The van der Waals surface area contributed by atoms with E-state index in [0.717, 1.165) is 52.9 Å². The first-order chi connectivity index (χ1) is 17.9. The molecule has 4 nitrogen and oxygen atoms in total. The lowest BCUT2D eigenvalue weighted by molar-refractivity contribution is 0.0951. The van der Waals surface area contributed by atoms with Crippen LogP contribution in [-0.2, 0) is 6.54 Å². The molecule has 0 unspecified atom stereocenters. The van der Waals surface area contributed by atoms with E-state index in [0.29, 0.717) is 16.6 Å². The molecule has 1 fully saturated rings. The predicted octanol–water partition coefficient (Wildman–Crippen LogP) is 7.55. The highest BCUT2D eigenvalue weighted by Gasteiger charge is 2.24. The lowest BCUT2D eigenvalue weighted by Crippen LogP contribution is -2.25. The number of nitrogens with one attached hydrogen (secondary N) is 1. The zero-order valence-electron chi connectivity index (χ0n) is 21.1. The Labute approximate surface area is 215 Å². The molecule has 1 saturated carbocycles. The predicted molar refractivity (Wildman–Crippen MR) is 142 cm³/mol. The second-order valence-corrected chi connectivity index (χ2v) is 9.90. The first-order valence-corrected chi connectivity index (χ1v) is 12.8. The van der Waals surface area contributed by atoms with Crippen molar-refractivity contribution in [1.82, 2.24) is 10.3 Å². The van der Waals surface area contributed by atoms with Crippen LogP contribution in [0.4, 0.5) is 8.78 Å². The highest BCUT2D eigenvalue weighted by Crippen LogP contribution is 2.36. The van der Waals surface area contributed by atoms with Gasteiger partial charge in [-0.05, 0) is 67.0 Å². The molecule has 0 radical (unpaired) electrons. The smallest absolute Gasteiger partial charge is 0.252 e. The third kappa shape index (κ3) is 5.33. The van der Waals surface area contributed by atoms with Crippen molar-refractivity contribution in [1.29, 1.82) is 0 Å². The molecule has 1 aliphatic carbocycles. The number of fused-ring (bicyclic) bond motifs is 1. The summed E-state index contributed by atoms with van der Waals surface area (Å²) < 4.78 is 33.3. The zero-order chi connectivity index (χ0) is 25.9. The summed E-state index contributed by atoms with van der Waals surface area (Å²) in [5.74, 6) is -1.39. The van der Waals surface area contributed by atoms with Gasteiger partial charge in [-0.2, -0.15) is 0 Å². The number of halogens is 2. The molecule has 0 bridgehead atoms. The summed E-state index contributed by atoms with van der Waals surface area (Å²) in [4.78, 5) is 18.8. The molecule has 1 N–H and O–H groups in total. The van der Waals surface area contributed by atoms with Crippen molar-refractivity contribution in [3.63, 3.8) is 0 Å². The Morgan fingerprint density at radius 2 is 1.76 bits per heavy atom. The number of aromatic nitrogens is 1. The fourth-order valence-corrected chi connectivity index (χ4v) is 5.07. The maximum atomic E-state index is 13.7. The number of ether oxygens (including phenoxy) is 1. The van der Waals surface area contributed by atoms with E-state index >= 15 is 0 Å². The third-order valence-corrected chi connectivity index (χ3v) is 6.89. The normalized spacial score (nSPS) is 13.9. The Hall–Kier alpha value is -3.80. The first-order valence-electron chi connectivity index (χ1n) is 12.8. The van der Waals surface area contributed by atoms with E-state index in [1.54, 1.807) is 0 Å². The van der Waals surface area contributed by atoms with Crippen molar-refractivity contribution >= 4 is 16.8 Å². The van der Waals surface area contributed by atoms with Crippen molar-refractivity contribution in [2.45, 2.75) is 58.1 Å². The Morgan fingerprint density at radius 1 is 1.00 bits per heavy atom. The number of carbonyl (C=O) groups is 1. The van der Waals surface area contributed by atoms with Gasteiger partial charge in [0.25, 0.3) is 5.91 Å². The van der Waals surface area contributed by atoms with Gasteiger partial charge in [-0.15, -0.1) is 0 Å². The molecule has 0 spiro atoms. The van der Waals surface area contributed by atoms with Crippen molar-refractivity contribution in [2.24, 2.45) is 0 Å². The summed E-state index contributed by atoms with van der Waals surface area (Å²) >= 11 is 0. The monoisotopic (exact) mass is 500 g/mol. The number of benzene rings is 3. The van der Waals surface area contributed by atoms with E-state index in [1.807, 2.05) is 62.4 Å². The van der Waals surface area contributed by atoms with Gasteiger partial charge in [-0.1, -0.05) is 50.2 Å². The molecule has 6 heteroatoms. The second-order valence-electron chi connectivity index (χ2n) is 9.90. The number of nitrogens with zero attached hydrogens (tertiary/aromatic N) is 1. The van der Waals surface area contributed by atoms with Gasteiger partial charge in [0.1, 0.15) is 5.75 Å². The van der Waals surface area contributed by atoms with Crippen LogP contribution in [0.5, 0.6) is 5.75 Å². The molecule has 37 heavy (non-hydrogen) atoms. The molecule has 5 rings (SSSR count). The minimum Gasteiger partial charge on any atom is -0.490 e. The van der Waals surface area contributed by atoms with Gasteiger partial charge in [0.05, 0.1) is 22.9 Å². The average Bonchev–Trinajstić information content (AvgIpc) is 3.41. The van der Waals surface area contributed by atoms with Crippen LogP contribution < -0.4 is 10.1 Å². The van der Waals surface area contributed by atoms with Gasteiger partial charge in [0.15, 0.2) is 11.6 Å². The van der Waals surface area contributed by atoms with Crippen LogP contribution in [0.1, 0.15) is 66.9 Å². The molecule has 1 aliphatic rings. The molecular weight excluding hydrogens is 470 g/mol. The SMILES string of the molecule is CC(C)c1c(-c2ccccc2)nc2cc(OC3CCCC3)ccc2c1C(=O)NCc1ccc(F)c(F)c1. The number of hydrogen-bond donors (Lipinski definition) is 1. The fourth-order valence-electron chi connectivity index (χ4n) is 5.07. The summed E-state index contributed by atoms with van der Waals surface area (Å²) in [7, 11) is 0. The van der Waals surface area contributed by atoms with Crippen LogP contribution in [-0.4, -0.2) is 17.0 Å². The van der Waals surface area contributed by atoms with Crippen LogP contribution in [0.15, 0.2) is 66.7 Å². The highest BCUT2D eigenvalue weighted by molar-refractivity contribution is 6.09. The Bertz CT molecular complexity index is 1430. The van der Waals surface area contributed by atoms with Crippen LogP contribution in [0.25, 0.3) is 22.2 Å². The summed E-state index contributed by atoms with van der Waals surface area (Å²) in [6.07, 6.45) is 4.65. The number of pyridine rings is 1. The highest BCUT2D eigenvalue weighted by atomic mass is 19.2. The largest absolute Gasteiger partial charge is 0.490 e. The molecule has 0 atom stereocenters. The minimum atomic E-state index is -0.940. The fraction of sp³-hybridized carbons (Fsp3) is 0.290. The maximum Gasteiger partial charge on any atom is 0.252 e. The lowest BCUT2D eigenvalue weighted by atomic mass is 9.89. The number of carbonyl (C=O) groups excluding carboxylic acids is 1.